The number of methoxy groups -OCH3 is 1. The molecule has 2 amide bonds. The zero-order valence-electron chi connectivity index (χ0n) is 13.2. The maximum atomic E-state index is 12.5. The summed E-state index contributed by atoms with van der Waals surface area (Å²) in [5, 5.41) is 14.0. The van der Waals surface area contributed by atoms with E-state index in [1.807, 2.05) is 0 Å². The number of hydrogen-bond donors (Lipinski definition) is 2. The van der Waals surface area contributed by atoms with Crippen molar-refractivity contribution in [2.24, 2.45) is 5.92 Å². The fourth-order valence-corrected chi connectivity index (χ4v) is 1.96. The number of Topliss-reactive ketones (excluding diaryl/α,β-unsaturated/α-hetero) is 1. The Kier molecular flexibility index (Phi) is 5.79. The zero-order valence-corrected chi connectivity index (χ0v) is 13.2. The summed E-state index contributed by atoms with van der Waals surface area (Å²) in [6, 6.07) is 12.4. The summed E-state index contributed by atoms with van der Waals surface area (Å²) in [6.07, 6.45) is 0.773. The molecule has 0 unspecified atom stereocenters. The third kappa shape index (κ3) is 4.62. The van der Waals surface area contributed by atoms with Gasteiger partial charge < -0.3 is 10.1 Å². The third-order valence-corrected chi connectivity index (χ3v) is 3.15. The minimum absolute atomic E-state index is 0.108. The van der Waals surface area contributed by atoms with Gasteiger partial charge in [0.05, 0.1) is 13.2 Å². The lowest BCUT2D eigenvalue weighted by Crippen LogP contribution is -2.29. The van der Waals surface area contributed by atoms with Crippen molar-refractivity contribution in [3.8, 4) is 6.07 Å². The first kappa shape index (κ1) is 17.6. The van der Waals surface area contributed by atoms with Gasteiger partial charge in [-0.15, -0.1) is 0 Å². The Bertz CT molecular complexity index is 830. The lowest BCUT2D eigenvalue weighted by atomic mass is 9.97. The molecule has 25 heavy (non-hydrogen) atoms. The van der Waals surface area contributed by atoms with Gasteiger partial charge in [0.2, 0.25) is 0 Å². The Morgan fingerprint density at radius 2 is 1.96 bits per heavy atom. The van der Waals surface area contributed by atoms with E-state index in [0.717, 1.165) is 0 Å². The largest absolute Gasteiger partial charge is 0.453 e. The molecule has 0 fully saturated rings. The average Bonchev–Trinajstić information content (AvgIpc) is 2.63. The molecular formula is C17H14N4O4. The molecular weight excluding hydrogens is 324 g/mol. The van der Waals surface area contributed by atoms with Crippen LogP contribution in [-0.2, 0) is 9.53 Å². The Labute approximate surface area is 143 Å². The van der Waals surface area contributed by atoms with E-state index in [4.69, 9.17) is 0 Å². The normalized spacial score (nSPS) is 10.9. The van der Waals surface area contributed by atoms with Crippen LogP contribution in [0.4, 0.5) is 16.3 Å². The summed E-state index contributed by atoms with van der Waals surface area (Å²) in [5.74, 6) is -2.78. The molecule has 0 aliphatic rings. The molecule has 8 heteroatoms. The Hall–Kier alpha value is -3.73. The number of nitriles is 1. The number of amides is 2. The van der Waals surface area contributed by atoms with Gasteiger partial charge >= 0.3 is 6.09 Å². The Morgan fingerprint density at radius 3 is 2.60 bits per heavy atom. The maximum Gasteiger partial charge on any atom is 0.411 e. The van der Waals surface area contributed by atoms with E-state index in [1.165, 1.54) is 37.6 Å². The number of benzene rings is 1. The molecule has 1 aromatic heterocycles. The summed E-state index contributed by atoms with van der Waals surface area (Å²) in [4.78, 5) is 39.8. The molecule has 2 aromatic rings. The predicted molar refractivity (Wildman–Crippen MR) is 88.8 cm³/mol. The average molecular weight is 338 g/mol. The first-order valence-electron chi connectivity index (χ1n) is 7.16. The number of anilines is 2. The molecule has 0 aliphatic carbocycles. The topological polar surface area (TPSA) is 121 Å². The van der Waals surface area contributed by atoms with Gasteiger partial charge in [-0.2, -0.15) is 5.26 Å². The van der Waals surface area contributed by atoms with Crippen molar-refractivity contribution < 1.29 is 19.1 Å². The molecule has 2 rings (SSSR count). The monoisotopic (exact) mass is 338 g/mol. The molecule has 2 N–H and O–H groups in total. The Balaban J connectivity index is 2.16. The second-order valence-electron chi connectivity index (χ2n) is 4.83. The van der Waals surface area contributed by atoms with Crippen LogP contribution in [0.2, 0.25) is 0 Å². The smallest absolute Gasteiger partial charge is 0.411 e. The van der Waals surface area contributed by atoms with Crippen LogP contribution < -0.4 is 10.6 Å². The van der Waals surface area contributed by atoms with Gasteiger partial charge in [0.15, 0.2) is 11.7 Å². The first-order valence-corrected chi connectivity index (χ1v) is 7.16. The molecule has 0 radical (unpaired) electrons. The van der Waals surface area contributed by atoms with Crippen LogP contribution in [0.1, 0.15) is 10.4 Å². The summed E-state index contributed by atoms with van der Waals surface area (Å²) < 4.78 is 4.47. The second kappa shape index (κ2) is 8.21. The lowest BCUT2D eigenvalue weighted by Gasteiger charge is -2.10. The number of ketones is 1. The van der Waals surface area contributed by atoms with Gasteiger partial charge in [0.1, 0.15) is 5.82 Å². The predicted octanol–water partition coefficient (Wildman–Crippen LogP) is 2.22. The van der Waals surface area contributed by atoms with Crippen molar-refractivity contribution in [3.63, 3.8) is 0 Å². The minimum atomic E-state index is -1.55. The van der Waals surface area contributed by atoms with E-state index in [2.05, 4.69) is 20.4 Å². The quantitative estimate of drug-likeness (QED) is 0.637. The van der Waals surface area contributed by atoms with E-state index >= 15 is 0 Å². The SMILES string of the molecule is COC(=O)Nc1cccc(C(=O)[C@H](C#N)C(=O)Nc2ccccn2)c1. The number of pyridine rings is 1. The number of ether oxygens (including phenoxy) is 1. The molecule has 0 spiro atoms. The highest BCUT2D eigenvalue weighted by atomic mass is 16.5. The molecule has 126 valence electrons. The van der Waals surface area contributed by atoms with E-state index in [9.17, 15) is 19.6 Å². The molecule has 0 saturated carbocycles. The van der Waals surface area contributed by atoms with E-state index in [0.29, 0.717) is 5.69 Å². The zero-order chi connectivity index (χ0) is 18.2. The number of rotatable bonds is 5. The van der Waals surface area contributed by atoms with E-state index in [-0.39, 0.29) is 11.4 Å². The summed E-state index contributed by atoms with van der Waals surface area (Å²) in [6.45, 7) is 0. The number of aromatic nitrogens is 1. The highest BCUT2D eigenvalue weighted by Crippen LogP contribution is 2.16. The summed E-state index contributed by atoms with van der Waals surface area (Å²) in [5.41, 5.74) is 0.413. The minimum Gasteiger partial charge on any atom is -0.453 e. The van der Waals surface area contributed by atoms with Crippen molar-refractivity contribution in [1.82, 2.24) is 4.98 Å². The van der Waals surface area contributed by atoms with Gasteiger partial charge in [0, 0.05) is 17.4 Å². The van der Waals surface area contributed by atoms with Crippen molar-refractivity contribution in [1.29, 1.82) is 5.26 Å². The van der Waals surface area contributed by atoms with Gasteiger partial charge in [0.25, 0.3) is 5.91 Å². The third-order valence-electron chi connectivity index (χ3n) is 3.15. The van der Waals surface area contributed by atoms with Crippen LogP contribution in [0.25, 0.3) is 0 Å². The van der Waals surface area contributed by atoms with Crippen molar-refractivity contribution in [2.75, 3.05) is 17.7 Å². The summed E-state index contributed by atoms with van der Waals surface area (Å²) >= 11 is 0. The Morgan fingerprint density at radius 1 is 1.16 bits per heavy atom. The molecule has 1 atom stereocenters. The molecule has 1 heterocycles. The molecule has 0 saturated heterocycles. The standard InChI is InChI=1S/C17H14N4O4/c1-25-17(24)20-12-6-4-5-11(9-12)15(22)13(10-18)16(23)21-14-7-2-3-8-19-14/h2-9,13H,1H3,(H,20,24)(H,19,21,23)/t13-/m0/s1. The van der Waals surface area contributed by atoms with Crippen LogP contribution in [0.3, 0.4) is 0 Å². The fraction of sp³-hybridized carbons (Fsp3) is 0.118. The van der Waals surface area contributed by atoms with Crippen LogP contribution >= 0.6 is 0 Å². The summed E-state index contributed by atoms with van der Waals surface area (Å²) in [7, 11) is 1.21. The lowest BCUT2D eigenvalue weighted by molar-refractivity contribution is -0.117. The fourth-order valence-electron chi connectivity index (χ4n) is 1.96. The number of nitrogens with zero attached hydrogens (tertiary/aromatic N) is 2. The highest BCUT2D eigenvalue weighted by molar-refractivity contribution is 6.15. The number of nitrogens with one attached hydrogen (secondary N) is 2. The number of hydrogen-bond acceptors (Lipinski definition) is 6. The highest BCUT2D eigenvalue weighted by Gasteiger charge is 2.28. The van der Waals surface area contributed by atoms with Crippen LogP contribution in [0.15, 0.2) is 48.7 Å². The van der Waals surface area contributed by atoms with Crippen LogP contribution in [0, 0.1) is 17.2 Å². The molecule has 0 bridgehead atoms. The first-order chi connectivity index (χ1) is 12.0. The van der Waals surface area contributed by atoms with E-state index < -0.39 is 23.7 Å². The van der Waals surface area contributed by atoms with Crippen LogP contribution in [0.5, 0.6) is 0 Å². The number of carbonyl (C=O) groups is 3. The molecule has 1 aromatic carbocycles. The van der Waals surface area contributed by atoms with Crippen molar-refractivity contribution in [3.05, 3.63) is 54.2 Å². The van der Waals surface area contributed by atoms with Gasteiger partial charge in [-0.3, -0.25) is 14.9 Å². The second-order valence-corrected chi connectivity index (χ2v) is 4.83. The maximum absolute atomic E-state index is 12.5. The van der Waals surface area contributed by atoms with Gasteiger partial charge in [-0.25, -0.2) is 9.78 Å². The van der Waals surface area contributed by atoms with Crippen molar-refractivity contribution in [2.45, 2.75) is 0 Å². The molecule has 0 aliphatic heterocycles. The van der Waals surface area contributed by atoms with Gasteiger partial charge in [-0.1, -0.05) is 18.2 Å². The van der Waals surface area contributed by atoms with Gasteiger partial charge in [-0.05, 0) is 24.3 Å². The van der Waals surface area contributed by atoms with Crippen LogP contribution in [-0.4, -0.2) is 29.9 Å². The van der Waals surface area contributed by atoms with E-state index in [1.54, 1.807) is 24.3 Å². The molecule has 8 nitrogen and oxygen atoms in total. The van der Waals surface area contributed by atoms with Crippen molar-refractivity contribution >= 4 is 29.3 Å². The number of carbonyl (C=O) groups excluding carboxylic acids is 3.